The minimum Gasteiger partial charge on any atom is -0.348 e. The van der Waals surface area contributed by atoms with Crippen LogP contribution in [0, 0.1) is 0 Å². The fourth-order valence-electron chi connectivity index (χ4n) is 4.36. The Kier molecular flexibility index (Phi) is 3.75. The molecule has 5 rings (SSSR count). The van der Waals surface area contributed by atoms with E-state index >= 15 is 0 Å². The minimum atomic E-state index is 0.0751. The Morgan fingerprint density at radius 2 is 2.00 bits per heavy atom. The first-order chi connectivity index (χ1) is 12.8. The van der Waals surface area contributed by atoms with E-state index in [0.717, 1.165) is 49.4 Å². The van der Waals surface area contributed by atoms with Crippen molar-refractivity contribution in [2.24, 2.45) is 0 Å². The molecule has 0 radical (unpaired) electrons. The number of nitrogens with one attached hydrogen (secondary N) is 1. The third kappa shape index (κ3) is 2.69. The summed E-state index contributed by atoms with van der Waals surface area (Å²) in [4.78, 5) is 19.1. The second-order valence-electron chi connectivity index (χ2n) is 7.30. The number of fused-ring (bicyclic) bond motifs is 2. The van der Waals surface area contributed by atoms with Crippen LogP contribution >= 0.6 is 0 Å². The number of piperidine rings is 1. The molecule has 1 N–H and O–H groups in total. The van der Waals surface area contributed by atoms with Crippen LogP contribution in [-0.4, -0.2) is 33.3 Å². The highest BCUT2D eigenvalue weighted by molar-refractivity contribution is 5.98. The Balaban J connectivity index is 1.27. The molecule has 1 fully saturated rings. The largest absolute Gasteiger partial charge is 0.348 e. The molecule has 2 aliphatic heterocycles. The van der Waals surface area contributed by atoms with Crippen LogP contribution < -0.4 is 5.32 Å². The highest BCUT2D eigenvalue weighted by Gasteiger charge is 2.27. The van der Waals surface area contributed by atoms with Crippen molar-refractivity contribution >= 4 is 11.6 Å². The van der Waals surface area contributed by atoms with Crippen LogP contribution in [0.2, 0.25) is 0 Å². The number of hydrogen-bond acceptors (Lipinski definition) is 3. The molecule has 0 atom stereocenters. The normalized spacial score (nSPS) is 18.2. The van der Waals surface area contributed by atoms with Gasteiger partial charge in [0.15, 0.2) is 0 Å². The molecule has 132 valence electrons. The third-order valence-corrected chi connectivity index (χ3v) is 5.71. The Labute approximate surface area is 152 Å². The monoisotopic (exact) mass is 346 g/mol. The quantitative estimate of drug-likeness (QED) is 0.793. The first-order valence-corrected chi connectivity index (χ1v) is 9.33. The van der Waals surface area contributed by atoms with E-state index in [-0.39, 0.29) is 5.91 Å². The molecule has 4 heterocycles. The van der Waals surface area contributed by atoms with Gasteiger partial charge in [-0.15, -0.1) is 0 Å². The molecule has 1 aromatic carbocycles. The topological polar surface area (TPSA) is 49.6 Å². The Hall–Kier alpha value is -2.66. The maximum absolute atomic E-state index is 11.9. The van der Waals surface area contributed by atoms with Crippen LogP contribution in [0.1, 0.15) is 45.9 Å². The number of benzene rings is 1. The summed E-state index contributed by atoms with van der Waals surface area (Å²) in [7, 11) is 0. The molecule has 0 spiro atoms. The maximum atomic E-state index is 11.9. The molecule has 1 amide bonds. The Morgan fingerprint density at radius 1 is 1.12 bits per heavy atom. The number of carbonyl (C=O) groups excluding carboxylic acids is 1. The fraction of sp³-hybridized carbons (Fsp3) is 0.333. The van der Waals surface area contributed by atoms with Crippen LogP contribution in [0.4, 0.5) is 0 Å². The summed E-state index contributed by atoms with van der Waals surface area (Å²) in [5.74, 6) is 0.626. The van der Waals surface area contributed by atoms with E-state index in [0.29, 0.717) is 12.5 Å². The smallest absolute Gasteiger partial charge is 0.251 e. The molecule has 5 heteroatoms. The highest BCUT2D eigenvalue weighted by Crippen LogP contribution is 2.33. The summed E-state index contributed by atoms with van der Waals surface area (Å²) in [5.41, 5.74) is 5.60. The molecule has 3 aromatic rings. The lowest BCUT2D eigenvalue weighted by Gasteiger charge is -2.32. The first kappa shape index (κ1) is 15.6. The fourth-order valence-corrected chi connectivity index (χ4v) is 4.36. The van der Waals surface area contributed by atoms with Crippen LogP contribution in [0.5, 0.6) is 0 Å². The van der Waals surface area contributed by atoms with Gasteiger partial charge >= 0.3 is 0 Å². The van der Waals surface area contributed by atoms with E-state index in [1.54, 1.807) is 0 Å². The van der Waals surface area contributed by atoms with Crippen molar-refractivity contribution in [1.82, 2.24) is 19.6 Å². The van der Waals surface area contributed by atoms with Crippen LogP contribution in [-0.2, 0) is 13.1 Å². The summed E-state index contributed by atoms with van der Waals surface area (Å²) in [5, 5.41) is 2.96. The minimum absolute atomic E-state index is 0.0751. The van der Waals surface area contributed by atoms with Gasteiger partial charge in [0.2, 0.25) is 0 Å². The molecular weight excluding hydrogens is 324 g/mol. The van der Waals surface area contributed by atoms with Gasteiger partial charge in [0.05, 0.1) is 5.69 Å². The zero-order valence-corrected chi connectivity index (χ0v) is 14.7. The van der Waals surface area contributed by atoms with Gasteiger partial charge < -0.3 is 9.72 Å². The molecule has 26 heavy (non-hydrogen) atoms. The van der Waals surface area contributed by atoms with Crippen molar-refractivity contribution in [3.63, 3.8) is 0 Å². The number of hydrogen-bond donors (Lipinski definition) is 1. The Morgan fingerprint density at radius 3 is 2.85 bits per heavy atom. The van der Waals surface area contributed by atoms with E-state index in [2.05, 4.69) is 26.9 Å². The molecule has 0 aliphatic carbocycles. The van der Waals surface area contributed by atoms with E-state index < -0.39 is 0 Å². The van der Waals surface area contributed by atoms with Crippen molar-refractivity contribution in [2.75, 3.05) is 13.1 Å². The molecule has 0 unspecified atom stereocenters. The number of nitrogens with zero attached hydrogens (tertiary/aromatic N) is 3. The number of carbonyl (C=O) groups is 1. The van der Waals surface area contributed by atoms with E-state index in [1.807, 2.05) is 36.5 Å². The lowest BCUT2D eigenvalue weighted by molar-refractivity contribution is 0.0966. The predicted molar refractivity (Wildman–Crippen MR) is 100 cm³/mol. The summed E-state index contributed by atoms with van der Waals surface area (Å²) in [6.07, 6.45) is 6.45. The van der Waals surface area contributed by atoms with E-state index in [1.165, 1.54) is 11.1 Å². The van der Waals surface area contributed by atoms with Crippen LogP contribution in [0.15, 0.2) is 48.8 Å². The van der Waals surface area contributed by atoms with Gasteiger partial charge in [0.1, 0.15) is 5.65 Å². The zero-order valence-electron chi connectivity index (χ0n) is 14.7. The van der Waals surface area contributed by atoms with Gasteiger partial charge in [-0.05, 0) is 61.2 Å². The number of aromatic nitrogens is 2. The standard InChI is InChI=1S/C21H22N4O/c26-21-18-5-3-4-17(19(18)12-22-21)15-7-10-24(11-8-15)13-16-14-25-9-2-1-6-20(25)23-16/h1-6,9,14-15H,7-8,10-13H2,(H,22,26). The Bertz CT molecular complexity index is 936. The maximum Gasteiger partial charge on any atom is 0.251 e. The van der Waals surface area contributed by atoms with Gasteiger partial charge in [-0.25, -0.2) is 4.98 Å². The molecular formula is C21H22N4O. The second kappa shape index (κ2) is 6.25. The van der Waals surface area contributed by atoms with Gasteiger partial charge in [-0.3, -0.25) is 9.69 Å². The summed E-state index contributed by atoms with van der Waals surface area (Å²) >= 11 is 0. The average molecular weight is 346 g/mol. The van der Waals surface area contributed by atoms with Gasteiger partial charge in [0.25, 0.3) is 5.91 Å². The van der Waals surface area contributed by atoms with Gasteiger partial charge in [-0.2, -0.15) is 0 Å². The number of likely N-dealkylation sites (tertiary alicyclic amines) is 1. The van der Waals surface area contributed by atoms with Crippen molar-refractivity contribution in [1.29, 1.82) is 0 Å². The predicted octanol–water partition coefficient (Wildman–Crippen LogP) is 2.96. The summed E-state index contributed by atoms with van der Waals surface area (Å²) in [6, 6.07) is 12.3. The van der Waals surface area contributed by atoms with Crippen LogP contribution in [0.25, 0.3) is 5.65 Å². The molecule has 2 aliphatic rings. The van der Waals surface area contributed by atoms with Crippen molar-refractivity contribution in [3.05, 3.63) is 71.2 Å². The molecule has 0 saturated carbocycles. The molecule has 0 bridgehead atoms. The van der Waals surface area contributed by atoms with Crippen molar-refractivity contribution in [3.8, 4) is 0 Å². The second-order valence-corrected chi connectivity index (χ2v) is 7.30. The highest BCUT2D eigenvalue weighted by atomic mass is 16.1. The number of imidazole rings is 1. The van der Waals surface area contributed by atoms with Gasteiger partial charge in [0, 0.05) is 31.0 Å². The number of pyridine rings is 1. The lowest BCUT2D eigenvalue weighted by atomic mass is 9.85. The summed E-state index contributed by atoms with van der Waals surface area (Å²) in [6.45, 7) is 3.74. The first-order valence-electron chi connectivity index (χ1n) is 9.33. The zero-order chi connectivity index (χ0) is 17.5. The number of amides is 1. The lowest BCUT2D eigenvalue weighted by Crippen LogP contribution is -2.32. The molecule has 2 aromatic heterocycles. The van der Waals surface area contributed by atoms with Crippen molar-refractivity contribution < 1.29 is 4.79 Å². The molecule has 1 saturated heterocycles. The number of rotatable bonds is 3. The van der Waals surface area contributed by atoms with E-state index in [4.69, 9.17) is 4.98 Å². The third-order valence-electron chi connectivity index (χ3n) is 5.71. The van der Waals surface area contributed by atoms with Crippen molar-refractivity contribution in [2.45, 2.75) is 31.8 Å². The SMILES string of the molecule is O=C1NCc2c1cccc2C1CCN(Cc2cn3ccccc3n2)CC1. The molecule has 5 nitrogen and oxygen atoms in total. The average Bonchev–Trinajstić information content (AvgIpc) is 3.25. The van der Waals surface area contributed by atoms with Crippen LogP contribution in [0.3, 0.4) is 0 Å². The summed E-state index contributed by atoms with van der Waals surface area (Å²) < 4.78 is 2.08. The van der Waals surface area contributed by atoms with Gasteiger partial charge in [-0.1, -0.05) is 18.2 Å². The van der Waals surface area contributed by atoms with E-state index in [9.17, 15) is 4.79 Å².